The van der Waals surface area contributed by atoms with Gasteiger partial charge < -0.3 is 5.32 Å². The molecule has 0 spiro atoms. The molecule has 2 rings (SSSR count). The van der Waals surface area contributed by atoms with E-state index in [1.807, 2.05) is 19.1 Å². The number of aromatic nitrogens is 1. The molecule has 2 atom stereocenters. The summed E-state index contributed by atoms with van der Waals surface area (Å²) in [7, 11) is 0. The SMILES string of the molecule is Cc1ccc(C(=O)NCC2CCCCC2CCl)cn1. The molecule has 1 aliphatic rings. The van der Waals surface area contributed by atoms with Crippen LogP contribution in [0.15, 0.2) is 18.3 Å². The van der Waals surface area contributed by atoms with Crippen LogP contribution in [-0.4, -0.2) is 23.3 Å². The number of rotatable bonds is 4. The molecule has 0 radical (unpaired) electrons. The quantitative estimate of drug-likeness (QED) is 0.861. The van der Waals surface area contributed by atoms with Crippen LogP contribution >= 0.6 is 11.6 Å². The molecule has 0 bridgehead atoms. The molecule has 1 aromatic rings. The van der Waals surface area contributed by atoms with E-state index >= 15 is 0 Å². The maximum absolute atomic E-state index is 12.0. The number of nitrogens with one attached hydrogen (secondary N) is 1. The van der Waals surface area contributed by atoms with E-state index in [2.05, 4.69) is 10.3 Å². The van der Waals surface area contributed by atoms with Gasteiger partial charge in [0.2, 0.25) is 0 Å². The lowest BCUT2D eigenvalue weighted by Crippen LogP contribution is -2.34. The molecule has 1 saturated carbocycles. The second-order valence-electron chi connectivity index (χ2n) is 5.36. The normalized spacial score (nSPS) is 23.1. The molecule has 0 aliphatic heterocycles. The van der Waals surface area contributed by atoms with Crippen molar-refractivity contribution in [3.63, 3.8) is 0 Å². The second-order valence-corrected chi connectivity index (χ2v) is 5.67. The van der Waals surface area contributed by atoms with Crippen molar-refractivity contribution in [2.75, 3.05) is 12.4 Å². The number of halogens is 1. The van der Waals surface area contributed by atoms with E-state index < -0.39 is 0 Å². The Balaban J connectivity index is 1.87. The van der Waals surface area contributed by atoms with Crippen LogP contribution in [0.5, 0.6) is 0 Å². The summed E-state index contributed by atoms with van der Waals surface area (Å²) >= 11 is 6.00. The molecular weight excluding hydrogens is 260 g/mol. The van der Waals surface area contributed by atoms with E-state index in [1.54, 1.807) is 6.20 Å². The highest BCUT2D eigenvalue weighted by molar-refractivity contribution is 6.18. The molecule has 1 aromatic heterocycles. The van der Waals surface area contributed by atoms with Gasteiger partial charge in [0, 0.05) is 24.3 Å². The molecule has 2 unspecified atom stereocenters. The van der Waals surface area contributed by atoms with Gasteiger partial charge in [0.1, 0.15) is 0 Å². The second kappa shape index (κ2) is 6.90. The van der Waals surface area contributed by atoms with Crippen molar-refractivity contribution in [3.05, 3.63) is 29.6 Å². The van der Waals surface area contributed by atoms with Crippen molar-refractivity contribution in [2.45, 2.75) is 32.6 Å². The number of hydrogen-bond donors (Lipinski definition) is 1. The zero-order valence-electron chi connectivity index (χ0n) is 11.4. The summed E-state index contributed by atoms with van der Waals surface area (Å²) in [6.07, 6.45) is 6.51. The minimum atomic E-state index is -0.0357. The van der Waals surface area contributed by atoms with Gasteiger partial charge in [-0.05, 0) is 43.7 Å². The van der Waals surface area contributed by atoms with E-state index in [9.17, 15) is 4.79 Å². The van der Waals surface area contributed by atoms with Gasteiger partial charge in [0.05, 0.1) is 5.56 Å². The molecule has 0 saturated heterocycles. The van der Waals surface area contributed by atoms with Crippen LogP contribution in [0.2, 0.25) is 0 Å². The zero-order valence-corrected chi connectivity index (χ0v) is 12.1. The van der Waals surface area contributed by atoms with Gasteiger partial charge >= 0.3 is 0 Å². The predicted octanol–water partition coefficient (Wildman–Crippen LogP) is 3.17. The van der Waals surface area contributed by atoms with Crippen LogP contribution in [0.3, 0.4) is 0 Å². The Morgan fingerprint density at radius 2 is 2.11 bits per heavy atom. The summed E-state index contributed by atoms with van der Waals surface area (Å²) in [6.45, 7) is 2.64. The third-order valence-electron chi connectivity index (χ3n) is 3.96. The van der Waals surface area contributed by atoms with Gasteiger partial charge in [0.25, 0.3) is 5.91 Å². The lowest BCUT2D eigenvalue weighted by molar-refractivity contribution is 0.0936. The fourth-order valence-corrected chi connectivity index (χ4v) is 3.09. The van der Waals surface area contributed by atoms with Crippen molar-refractivity contribution in [2.24, 2.45) is 11.8 Å². The van der Waals surface area contributed by atoms with E-state index in [4.69, 9.17) is 11.6 Å². The number of carbonyl (C=O) groups is 1. The highest BCUT2D eigenvalue weighted by Crippen LogP contribution is 2.30. The Hall–Kier alpha value is -1.09. The third-order valence-corrected chi connectivity index (χ3v) is 4.36. The average Bonchev–Trinajstić information content (AvgIpc) is 2.45. The smallest absolute Gasteiger partial charge is 0.252 e. The summed E-state index contributed by atoms with van der Waals surface area (Å²) in [5.41, 5.74) is 1.55. The predicted molar refractivity (Wildman–Crippen MR) is 77.5 cm³/mol. The maximum atomic E-state index is 12.0. The number of alkyl halides is 1. The number of nitrogens with zero attached hydrogens (tertiary/aromatic N) is 1. The van der Waals surface area contributed by atoms with Crippen LogP contribution in [-0.2, 0) is 0 Å². The molecule has 1 heterocycles. The van der Waals surface area contributed by atoms with Gasteiger partial charge in [-0.3, -0.25) is 9.78 Å². The minimum absolute atomic E-state index is 0.0357. The summed E-state index contributed by atoms with van der Waals surface area (Å²) in [5.74, 6) is 1.74. The first-order valence-corrected chi connectivity index (χ1v) is 7.51. The van der Waals surface area contributed by atoms with Crippen molar-refractivity contribution < 1.29 is 4.79 Å². The maximum Gasteiger partial charge on any atom is 0.252 e. The fraction of sp³-hybridized carbons (Fsp3) is 0.600. The lowest BCUT2D eigenvalue weighted by atomic mass is 9.80. The van der Waals surface area contributed by atoms with Crippen LogP contribution in [0.25, 0.3) is 0 Å². The van der Waals surface area contributed by atoms with Gasteiger partial charge in [-0.1, -0.05) is 12.8 Å². The number of pyridine rings is 1. The summed E-state index contributed by atoms with van der Waals surface area (Å²) in [5, 5.41) is 3.01. The molecule has 104 valence electrons. The molecule has 1 fully saturated rings. The average molecular weight is 281 g/mol. The van der Waals surface area contributed by atoms with Crippen LogP contribution in [0.4, 0.5) is 0 Å². The van der Waals surface area contributed by atoms with Crippen molar-refractivity contribution >= 4 is 17.5 Å². The fourth-order valence-electron chi connectivity index (χ4n) is 2.68. The van der Waals surface area contributed by atoms with Crippen LogP contribution in [0, 0.1) is 18.8 Å². The Morgan fingerprint density at radius 1 is 1.37 bits per heavy atom. The third kappa shape index (κ3) is 3.93. The molecule has 1 amide bonds. The molecule has 0 aromatic carbocycles. The lowest BCUT2D eigenvalue weighted by Gasteiger charge is -2.30. The molecule has 4 heteroatoms. The summed E-state index contributed by atoms with van der Waals surface area (Å²) < 4.78 is 0. The largest absolute Gasteiger partial charge is 0.352 e. The first-order chi connectivity index (χ1) is 9.20. The van der Waals surface area contributed by atoms with Crippen molar-refractivity contribution in [1.82, 2.24) is 10.3 Å². The highest BCUT2D eigenvalue weighted by atomic mass is 35.5. The van der Waals surface area contributed by atoms with E-state index in [-0.39, 0.29) is 5.91 Å². The van der Waals surface area contributed by atoms with Gasteiger partial charge in [-0.15, -0.1) is 11.6 Å². The minimum Gasteiger partial charge on any atom is -0.352 e. The first kappa shape index (κ1) is 14.3. The van der Waals surface area contributed by atoms with Crippen LogP contribution in [0.1, 0.15) is 41.7 Å². The van der Waals surface area contributed by atoms with Gasteiger partial charge in [0.15, 0.2) is 0 Å². The van der Waals surface area contributed by atoms with Crippen molar-refractivity contribution in [3.8, 4) is 0 Å². The topological polar surface area (TPSA) is 42.0 Å². The zero-order chi connectivity index (χ0) is 13.7. The number of carbonyl (C=O) groups excluding carboxylic acids is 1. The van der Waals surface area contributed by atoms with Crippen molar-refractivity contribution in [1.29, 1.82) is 0 Å². The monoisotopic (exact) mass is 280 g/mol. The summed E-state index contributed by atoms with van der Waals surface area (Å²) in [6, 6.07) is 3.68. The van der Waals surface area contributed by atoms with E-state index in [0.29, 0.717) is 23.3 Å². The highest BCUT2D eigenvalue weighted by Gasteiger charge is 2.24. The van der Waals surface area contributed by atoms with E-state index in [0.717, 1.165) is 12.2 Å². The first-order valence-electron chi connectivity index (χ1n) is 6.97. The standard InChI is InChI=1S/C15H21ClN2O/c1-11-6-7-14(10-17-11)15(19)18-9-13-5-3-2-4-12(13)8-16/h6-7,10,12-13H,2-5,8-9H2,1H3,(H,18,19). The molecule has 1 aliphatic carbocycles. The number of amides is 1. The Bertz CT molecular complexity index is 419. The van der Waals surface area contributed by atoms with Gasteiger partial charge in [-0.25, -0.2) is 0 Å². The van der Waals surface area contributed by atoms with E-state index in [1.165, 1.54) is 25.7 Å². The summed E-state index contributed by atoms with van der Waals surface area (Å²) in [4.78, 5) is 16.2. The number of hydrogen-bond acceptors (Lipinski definition) is 2. The molecule has 3 nitrogen and oxygen atoms in total. The molecule has 19 heavy (non-hydrogen) atoms. The molecule has 1 N–H and O–H groups in total. The Kier molecular flexibility index (Phi) is 5.20. The Labute approximate surface area is 119 Å². The Morgan fingerprint density at radius 3 is 2.74 bits per heavy atom. The van der Waals surface area contributed by atoms with Crippen LogP contribution < -0.4 is 5.32 Å². The number of aryl methyl sites for hydroxylation is 1. The molecular formula is C15H21ClN2O. The van der Waals surface area contributed by atoms with Gasteiger partial charge in [-0.2, -0.15) is 0 Å².